The van der Waals surface area contributed by atoms with Crippen molar-refractivity contribution >= 4 is 22.6 Å². The van der Waals surface area contributed by atoms with Crippen molar-refractivity contribution in [2.45, 2.75) is 6.92 Å². The zero-order valence-electron chi connectivity index (χ0n) is 11.6. The summed E-state index contributed by atoms with van der Waals surface area (Å²) < 4.78 is 13.5. The Balaban J connectivity index is 1.93. The van der Waals surface area contributed by atoms with Crippen molar-refractivity contribution < 1.29 is 9.18 Å². The van der Waals surface area contributed by atoms with E-state index in [9.17, 15) is 14.0 Å². The third kappa shape index (κ3) is 2.69. The number of hydrogen-bond acceptors (Lipinski definition) is 4. The molecule has 0 atom stereocenters. The van der Waals surface area contributed by atoms with Gasteiger partial charge < -0.3 is 5.32 Å². The number of carbonyl (C=O) groups excluding carboxylic acids is 1. The number of amides is 1. The summed E-state index contributed by atoms with van der Waals surface area (Å²) in [5.74, 6) is -1.67. The molecule has 3 rings (SSSR count). The number of aryl methyl sites for hydroxylation is 1. The number of rotatable bonds is 2. The van der Waals surface area contributed by atoms with Crippen LogP contribution in [0.25, 0.3) is 10.9 Å². The average Bonchev–Trinajstić information content (AvgIpc) is 2.50. The Bertz CT molecular complexity index is 936. The minimum absolute atomic E-state index is 0.313. The average molecular weight is 298 g/mol. The molecular formula is C15H11FN4O2. The Morgan fingerprint density at radius 1 is 1.27 bits per heavy atom. The molecule has 0 bridgehead atoms. The van der Waals surface area contributed by atoms with E-state index < -0.39 is 17.4 Å². The highest BCUT2D eigenvalue weighted by molar-refractivity contribution is 6.05. The van der Waals surface area contributed by atoms with Gasteiger partial charge in [-0.1, -0.05) is 6.07 Å². The number of aromatic nitrogens is 3. The zero-order chi connectivity index (χ0) is 15.7. The third-order valence-corrected chi connectivity index (χ3v) is 3.10. The van der Waals surface area contributed by atoms with E-state index in [4.69, 9.17) is 0 Å². The summed E-state index contributed by atoms with van der Waals surface area (Å²) in [4.78, 5) is 32.9. The second-order valence-corrected chi connectivity index (χ2v) is 4.73. The van der Waals surface area contributed by atoms with E-state index in [0.29, 0.717) is 5.56 Å². The molecule has 22 heavy (non-hydrogen) atoms. The summed E-state index contributed by atoms with van der Waals surface area (Å²) in [5, 5.41) is 3.11. The molecule has 0 fully saturated rings. The van der Waals surface area contributed by atoms with E-state index in [2.05, 4.69) is 20.3 Å². The lowest BCUT2D eigenvalue weighted by Gasteiger charge is -2.06. The largest absolute Gasteiger partial charge is 0.346 e. The number of H-pyrrole nitrogens is 1. The van der Waals surface area contributed by atoms with Gasteiger partial charge in [-0.15, -0.1) is 0 Å². The van der Waals surface area contributed by atoms with Crippen LogP contribution in [0.15, 0.2) is 41.3 Å². The molecule has 0 unspecified atom stereocenters. The van der Waals surface area contributed by atoms with E-state index >= 15 is 0 Å². The lowest BCUT2D eigenvalue weighted by Crippen LogP contribution is -2.19. The first-order valence-electron chi connectivity index (χ1n) is 6.46. The Morgan fingerprint density at radius 3 is 2.91 bits per heavy atom. The quantitative estimate of drug-likeness (QED) is 0.757. The van der Waals surface area contributed by atoms with Crippen LogP contribution in [0, 0.1) is 12.7 Å². The van der Waals surface area contributed by atoms with Gasteiger partial charge in [0.25, 0.3) is 5.91 Å². The maximum Gasteiger partial charge on any atom is 0.346 e. The van der Waals surface area contributed by atoms with Crippen LogP contribution in [0.1, 0.15) is 16.1 Å². The first-order chi connectivity index (χ1) is 10.5. The summed E-state index contributed by atoms with van der Waals surface area (Å²) in [7, 11) is 0. The first-order valence-corrected chi connectivity index (χ1v) is 6.46. The van der Waals surface area contributed by atoms with Crippen molar-refractivity contribution in [1.82, 2.24) is 15.0 Å². The van der Waals surface area contributed by atoms with Crippen LogP contribution in [0.4, 0.5) is 10.2 Å². The van der Waals surface area contributed by atoms with Crippen molar-refractivity contribution in [2.75, 3.05) is 5.32 Å². The lowest BCUT2D eigenvalue weighted by molar-refractivity contribution is 0.102. The maximum absolute atomic E-state index is 13.5. The lowest BCUT2D eigenvalue weighted by atomic mass is 10.1. The molecule has 1 aromatic carbocycles. The topological polar surface area (TPSA) is 87.7 Å². The molecule has 0 saturated heterocycles. The van der Waals surface area contributed by atoms with Crippen LogP contribution < -0.4 is 11.0 Å². The second kappa shape index (κ2) is 5.36. The Labute approximate surface area is 124 Å². The summed E-state index contributed by atoms with van der Waals surface area (Å²) in [5.41, 5.74) is 1.23. The highest BCUT2D eigenvalue weighted by Gasteiger charge is 2.11. The normalized spacial score (nSPS) is 10.6. The van der Waals surface area contributed by atoms with Crippen LogP contribution >= 0.6 is 0 Å². The van der Waals surface area contributed by atoms with Crippen LogP contribution in [-0.4, -0.2) is 20.9 Å². The van der Waals surface area contributed by atoms with Gasteiger partial charge >= 0.3 is 5.69 Å². The fourth-order valence-electron chi connectivity index (χ4n) is 2.02. The van der Waals surface area contributed by atoms with Gasteiger partial charge in [0, 0.05) is 16.6 Å². The Hall–Kier alpha value is -3.09. The number of aromatic amines is 1. The van der Waals surface area contributed by atoms with Crippen LogP contribution in [-0.2, 0) is 0 Å². The van der Waals surface area contributed by atoms with E-state index in [1.807, 2.05) is 19.1 Å². The fraction of sp³-hybridized carbons (Fsp3) is 0.0667. The van der Waals surface area contributed by atoms with Crippen LogP contribution in [0.3, 0.4) is 0 Å². The minimum Gasteiger partial charge on any atom is -0.306 e. The molecule has 0 saturated carbocycles. The SMILES string of the molecule is Cc1ccc2cc(C(=O)Nc3[nH]c(=O)ncc3F)ccc2n1. The van der Waals surface area contributed by atoms with Crippen LogP contribution in [0.2, 0.25) is 0 Å². The molecule has 1 amide bonds. The summed E-state index contributed by atoms with van der Waals surface area (Å²) in [6.07, 6.45) is 0.752. The predicted molar refractivity (Wildman–Crippen MR) is 79.2 cm³/mol. The Morgan fingerprint density at radius 2 is 2.09 bits per heavy atom. The molecule has 0 spiro atoms. The number of nitrogens with zero attached hydrogens (tertiary/aromatic N) is 2. The predicted octanol–water partition coefficient (Wildman–Crippen LogP) is 2.02. The number of pyridine rings is 1. The van der Waals surface area contributed by atoms with Gasteiger partial charge in [-0.25, -0.2) is 9.18 Å². The zero-order valence-corrected chi connectivity index (χ0v) is 11.6. The number of anilines is 1. The van der Waals surface area contributed by atoms with Gasteiger partial charge in [0.05, 0.1) is 11.7 Å². The molecule has 0 aliphatic rings. The highest BCUT2D eigenvalue weighted by atomic mass is 19.1. The summed E-state index contributed by atoms with van der Waals surface area (Å²) in [6.45, 7) is 1.88. The van der Waals surface area contributed by atoms with Crippen molar-refractivity contribution in [3.05, 3.63) is 64.1 Å². The molecule has 0 aliphatic heterocycles. The van der Waals surface area contributed by atoms with Gasteiger partial charge in [0.2, 0.25) is 0 Å². The number of hydrogen-bond donors (Lipinski definition) is 2. The molecular weight excluding hydrogens is 287 g/mol. The van der Waals surface area contributed by atoms with Crippen molar-refractivity contribution in [3.63, 3.8) is 0 Å². The standard InChI is InChI=1S/C15H11FN4O2/c1-8-2-3-9-6-10(4-5-12(9)18-8)14(21)19-13-11(16)7-17-15(22)20-13/h2-7H,1H3,(H2,17,19,20,21,22). The molecule has 7 heteroatoms. The molecule has 0 aliphatic carbocycles. The van der Waals surface area contributed by atoms with E-state index in [0.717, 1.165) is 22.8 Å². The monoisotopic (exact) mass is 298 g/mol. The molecule has 2 N–H and O–H groups in total. The first kappa shape index (κ1) is 13.9. The van der Waals surface area contributed by atoms with Crippen molar-refractivity contribution in [2.24, 2.45) is 0 Å². The van der Waals surface area contributed by atoms with Gasteiger partial charge in [-0.3, -0.25) is 14.8 Å². The molecule has 3 aromatic rings. The number of nitrogens with one attached hydrogen (secondary N) is 2. The minimum atomic E-state index is -0.814. The Kier molecular flexibility index (Phi) is 3.38. The van der Waals surface area contributed by atoms with Gasteiger partial charge in [0.1, 0.15) is 0 Å². The summed E-state index contributed by atoms with van der Waals surface area (Å²) >= 11 is 0. The second-order valence-electron chi connectivity index (χ2n) is 4.73. The number of halogens is 1. The van der Waals surface area contributed by atoms with Gasteiger partial charge in [-0.05, 0) is 31.2 Å². The molecule has 6 nitrogen and oxygen atoms in total. The molecule has 110 valence electrons. The van der Waals surface area contributed by atoms with E-state index in [1.54, 1.807) is 18.2 Å². The van der Waals surface area contributed by atoms with Crippen molar-refractivity contribution in [3.8, 4) is 0 Å². The molecule has 2 heterocycles. The molecule has 0 radical (unpaired) electrons. The summed E-state index contributed by atoms with van der Waals surface area (Å²) in [6, 6.07) is 8.63. The van der Waals surface area contributed by atoms with Crippen molar-refractivity contribution in [1.29, 1.82) is 0 Å². The van der Waals surface area contributed by atoms with Gasteiger partial charge in [-0.2, -0.15) is 4.98 Å². The van der Waals surface area contributed by atoms with E-state index in [-0.39, 0.29) is 5.82 Å². The fourth-order valence-corrected chi connectivity index (χ4v) is 2.02. The highest BCUT2D eigenvalue weighted by Crippen LogP contribution is 2.16. The maximum atomic E-state index is 13.5. The van der Waals surface area contributed by atoms with E-state index in [1.165, 1.54) is 0 Å². The van der Waals surface area contributed by atoms with Gasteiger partial charge in [0.15, 0.2) is 11.6 Å². The number of fused-ring (bicyclic) bond motifs is 1. The molecule has 2 aromatic heterocycles. The van der Waals surface area contributed by atoms with Crippen LogP contribution in [0.5, 0.6) is 0 Å². The smallest absolute Gasteiger partial charge is 0.306 e. The number of carbonyl (C=O) groups is 1. The third-order valence-electron chi connectivity index (χ3n) is 3.10. The number of benzene rings is 1.